The molecule has 0 aliphatic carbocycles. The van der Waals surface area contributed by atoms with E-state index < -0.39 is 10.0 Å². The maximum absolute atomic E-state index is 11.1. The van der Waals surface area contributed by atoms with Gasteiger partial charge in [-0.15, -0.1) is 0 Å². The maximum Gasteiger partial charge on any atom is 0.264 e. The van der Waals surface area contributed by atoms with Crippen molar-refractivity contribution in [3.05, 3.63) is 40.3 Å². The van der Waals surface area contributed by atoms with Gasteiger partial charge in [-0.1, -0.05) is 17.7 Å². The Bertz CT molecular complexity index is 522. The summed E-state index contributed by atoms with van der Waals surface area (Å²) >= 11 is 0. The summed E-state index contributed by atoms with van der Waals surface area (Å²) in [4.78, 5) is 2.25. The molecule has 0 saturated carbocycles. The van der Waals surface area contributed by atoms with Crippen LogP contribution in [0, 0.1) is 18.3 Å². The number of aryl methyl sites for hydroxylation is 1. The molecule has 7 heteroatoms. The van der Waals surface area contributed by atoms with Gasteiger partial charge in [-0.3, -0.25) is 0 Å². The number of rotatable bonds is 2. The summed E-state index contributed by atoms with van der Waals surface area (Å²) in [6.07, 6.45) is 0. The molecule has 16 heavy (non-hydrogen) atoms. The lowest BCUT2D eigenvalue weighted by molar-refractivity contribution is 0.597. The third kappa shape index (κ3) is 4.46. The van der Waals surface area contributed by atoms with Crippen molar-refractivity contribution in [2.75, 3.05) is 0 Å². The van der Waals surface area contributed by atoms with Gasteiger partial charge in [0.1, 0.15) is 0 Å². The van der Waals surface area contributed by atoms with Crippen LogP contribution in [0.25, 0.3) is 10.4 Å². The molecule has 6 nitrogen and oxygen atoms in total. The highest BCUT2D eigenvalue weighted by atomic mass is 32.2. The number of hydrogen-bond donors (Lipinski definition) is 0. The molecule has 84 valence electrons. The average molecular weight is 238 g/mol. The molecule has 0 aliphatic heterocycles. The number of nitriles is 1. The molecule has 1 aromatic carbocycles. The Morgan fingerprint density at radius 3 is 2.19 bits per heavy atom. The minimum absolute atomic E-state index is 0.0101. The molecule has 0 unspecified atom stereocenters. The first-order chi connectivity index (χ1) is 7.47. The van der Waals surface area contributed by atoms with Gasteiger partial charge in [-0.05, 0) is 24.6 Å². The van der Waals surface area contributed by atoms with Gasteiger partial charge in [0.25, 0.3) is 10.0 Å². The van der Waals surface area contributed by atoms with Crippen molar-refractivity contribution in [2.24, 2.45) is 4.52 Å². The summed E-state index contributed by atoms with van der Waals surface area (Å²) in [6.45, 7) is 3.27. The zero-order valence-electron chi connectivity index (χ0n) is 8.82. The van der Waals surface area contributed by atoms with Crippen LogP contribution >= 0.6 is 0 Å². The van der Waals surface area contributed by atoms with E-state index in [9.17, 15) is 8.42 Å². The first-order valence-corrected chi connectivity index (χ1v) is 5.61. The lowest BCUT2D eigenvalue weighted by atomic mass is 10.2. The van der Waals surface area contributed by atoms with Crippen molar-refractivity contribution < 1.29 is 8.42 Å². The van der Waals surface area contributed by atoms with Gasteiger partial charge in [0, 0.05) is 16.4 Å². The highest BCUT2D eigenvalue weighted by Crippen LogP contribution is 2.12. The first kappa shape index (κ1) is 14.0. The number of azide groups is 1. The van der Waals surface area contributed by atoms with E-state index in [2.05, 4.69) is 9.43 Å². The van der Waals surface area contributed by atoms with Crippen LogP contribution in [0.4, 0.5) is 0 Å². The molecular formula is C9H10N4O2S. The van der Waals surface area contributed by atoms with Gasteiger partial charge in [0.15, 0.2) is 0 Å². The van der Waals surface area contributed by atoms with E-state index in [1.165, 1.54) is 19.1 Å². The summed E-state index contributed by atoms with van der Waals surface area (Å²) in [5.41, 5.74) is 8.94. The van der Waals surface area contributed by atoms with E-state index in [-0.39, 0.29) is 4.90 Å². The topological polar surface area (TPSA) is 107 Å². The molecule has 0 radical (unpaired) electrons. The van der Waals surface area contributed by atoms with E-state index in [4.69, 9.17) is 10.8 Å². The summed E-state index contributed by atoms with van der Waals surface area (Å²) in [7, 11) is -3.82. The fourth-order valence-corrected chi connectivity index (χ4v) is 1.48. The quantitative estimate of drug-likeness (QED) is 0.448. The van der Waals surface area contributed by atoms with Crippen LogP contribution in [-0.2, 0) is 10.0 Å². The van der Waals surface area contributed by atoms with Crippen LogP contribution in [-0.4, -0.2) is 8.42 Å². The Morgan fingerprint density at radius 1 is 1.38 bits per heavy atom. The zero-order chi connectivity index (χ0) is 12.6. The fourth-order valence-electron chi connectivity index (χ4n) is 0.805. The van der Waals surface area contributed by atoms with Crippen molar-refractivity contribution in [2.45, 2.75) is 18.7 Å². The second-order valence-electron chi connectivity index (χ2n) is 2.68. The predicted octanol–water partition coefficient (Wildman–Crippen LogP) is 2.52. The van der Waals surface area contributed by atoms with Crippen molar-refractivity contribution in [3.8, 4) is 6.07 Å². The number of hydrogen-bond acceptors (Lipinski definition) is 3. The number of nitrogens with zero attached hydrogens (tertiary/aromatic N) is 4. The van der Waals surface area contributed by atoms with Crippen LogP contribution < -0.4 is 0 Å². The van der Waals surface area contributed by atoms with Crippen LogP contribution in [0.5, 0.6) is 0 Å². The van der Waals surface area contributed by atoms with Crippen molar-refractivity contribution in [3.63, 3.8) is 0 Å². The second-order valence-corrected chi connectivity index (χ2v) is 4.27. The van der Waals surface area contributed by atoms with E-state index in [0.29, 0.717) is 0 Å². The normalized spacial score (nSPS) is 9.06. The molecule has 0 fully saturated rings. The smallest absolute Gasteiger partial charge is 0.216 e. The van der Waals surface area contributed by atoms with E-state index >= 15 is 0 Å². The molecule has 0 aliphatic rings. The molecule has 0 bridgehead atoms. The molecule has 0 spiro atoms. The third-order valence-corrected chi connectivity index (χ3v) is 2.62. The SMILES string of the molecule is CC#N.Cc1ccc(S(=O)(=O)N=[N+]=[N-])cc1. The summed E-state index contributed by atoms with van der Waals surface area (Å²) in [6, 6.07) is 7.83. The molecule has 0 N–H and O–H groups in total. The van der Waals surface area contributed by atoms with Crippen LogP contribution in [0.3, 0.4) is 0 Å². The monoisotopic (exact) mass is 238 g/mol. The standard InChI is InChI=1S/C7H7N3O2S.C2H3N/c1-6-2-4-7(5-3-6)13(11,12)10-9-8;1-2-3/h2-5H,1H3;1H3. The van der Waals surface area contributed by atoms with Crippen molar-refractivity contribution in [1.82, 2.24) is 0 Å². The predicted molar refractivity (Wildman–Crippen MR) is 58.8 cm³/mol. The van der Waals surface area contributed by atoms with Gasteiger partial charge in [0.05, 0.1) is 11.0 Å². The molecule has 0 aromatic heterocycles. The molecule has 1 rings (SSSR count). The Morgan fingerprint density at radius 2 is 1.81 bits per heavy atom. The van der Waals surface area contributed by atoms with E-state index in [1.807, 2.05) is 6.92 Å². The molecule has 0 amide bonds. The van der Waals surface area contributed by atoms with Gasteiger partial charge < -0.3 is 0 Å². The lowest BCUT2D eigenvalue weighted by Crippen LogP contribution is -1.94. The summed E-state index contributed by atoms with van der Waals surface area (Å²) < 4.78 is 25.0. The first-order valence-electron chi connectivity index (χ1n) is 4.17. The van der Waals surface area contributed by atoms with Gasteiger partial charge in [0.2, 0.25) is 0 Å². The van der Waals surface area contributed by atoms with Crippen LogP contribution in [0.2, 0.25) is 0 Å². The Labute approximate surface area is 93.8 Å². The molecule has 1 aromatic rings. The minimum Gasteiger partial charge on any atom is -0.216 e. The van der Waals surface area contributed by atoms with Gasteiger partial charge >= 0.3 is 0 Å². The highest BCUT2D eigenvalue weighted by Gasteiger charge is 2.10. The lowest BCUT2D eigenvalue weighted by Gasteiger charge is -1.96. The maximum atomic E-state index is 11.1. The van der Waals surface area contributed by atoms with Crippen molar-refractivity contribution >= 4 is 10.0 Å². The summed E-state index contributed by atoms with van der Waals surface area (Å²) in [5, 5.41) is 7.32. The molecule has 0 heterocycles. The average Bonchev–Trinajstić information content (AvgIpc) is 2.19. The van der Waals surface area contributed by atoms with Crippen LogP contribution in [0.1, 0.15) is 12.5 Å². The van der Waals surface area contributed by atoms with Crippen molar-refractivity contribution in [1.29, 1.82) is 5.26 Å². The third-order valence-electron chi connectivity index (χ3n) is 1.46. The van der Waals surface area contributed by atoms with Crippen LogP contribution in [0.15, 0.2) is 33.7 Å². The largest absolute Gasteiger partial charge is 0.264 e. The minimum atomic E-state index is -3.82. The number of benzene rings is 1. The van der Waals surface area contributed by atoms with E-state index in [1.54, 1.807) is 18.2 Å². The number of sulfonamides is 1. The summed E-state index contributed by atoms with van der Waals surface area (Å²) in [5.74, 6) is 0. The molecular weight excluding hydrogens is 228 g/mol. The Kier molecular flexibility index (Phi) is 5.63. The van der Waals surface area contributed by atoms with Gasteiger partial charge in [-0.2, -0.15) is 5.26 Å². The Hall–Kier alpha value is -2.03. The highest BCUT2D eigenvalue weighted by molar-refractivity contribution is 7.90. The Balaban J connectivity index is 0.000000673. The zero-order valence-corrected chi connectivity index (χ0v) is 9.64. The van der Waals surface area contributed by atoms with E-state index in [0.717, 1.165) is 5.56 Å². The second kappa shape index (κ2) is 6.45. The molecule has 0 saturated heterocycles. The fraction of sp³-hybridized carbons (Fsp3) is 0.222. The van der Waals surface area contributed by atoms with Gasteiger partial charge in [-0.25, -0.2) is 8.42 Å². The molecule has 0 atom stereocenters.